The van der Waals surface area contributed by atoms with Gasteiger partial charge in [0.2, 0.25) is 0 Å². The van der Waals surface area contributed by atoms with Crippen molar-refractivity contribution in [3.63, 3.8) is 0 Å². The molecular weight excluding hydrogens is 422 g/mol. The smallest absolute Gasteiger partial charge is 0.306 e. The highest BCUT2D eigenvalue weighted by Gasteiger charge is 2.54. The number of hydrogen-bond acceptors (Lipinski definition) is 12. The van der Waals surface area contributed by atoms with Crippen LogP contribution in [-0.4, -0.2) is 73.2 Å². The van der Waals surface area contributed by atoms with E-state index in [9.17, 15) is 28.8 Å². The number of nitrogens with one attached hydrogen (secondary N) is 1. The van der Waals surface area contributed by atoms with Gasteiger partial charge >= 0.3 is 35.8 Å². The summed E-state index contributed by atoms with van der Waals surface area (Å²) < 4.78 is 30.7. The van der Waals surface area contributed by atoms with Gasteiger partial charge in [-0.05, 0) is 0 Å². The molecule has 1 saturated heterocycles. The van der Waals surface area contributed by atoms with Crippen LogP contribution in [0.4, 0.5) is 0 Å². The van der Waals surface area contributed by atoms with Crippen molar-refractivity contribution in [3.05, 3.63) is 0 Å². The van der Waals surface area contributed by atoms with Crippen molar-refractivity contribution in [2.24, 2.45) is 0 Å². The average molecular weight is 447 g/mol. The Morgan fingerprint density at radius 1 is 0.839 bits per heavy atom. The van der Waals surface area contributed by atoms with E-state index in [1.54, 1.807) is 0 Å². The minimum absolute atomic E-state index is 0.480. The maximum atomic E-state index is 12.2. The summed E-state index contributed by atoms with van der Waals surface area (Å²) in [6.07, 6.45) is -4.30. The van der Waals surface area contributed by atoms with Gasteiger partial charge in [0, 0.05) is 34.6 Å². The van der Waals surface area contributed by atoms with Crippen molar-refractivity contribution in [2.75, 3.05) is 13.2 Å². The molecule has 0 aliphatic carbocycles. The summed E-state index contributed by atoms with van der Waals surface area (Å²) in [4.78, 5) is 69.3. The van der Waals surface area contributed by atoms with Gasteiger partial charge < -0.3 is 28.4 Å². The molecule has 1 fully saturated rings. The molecular formula is C18H25NO12. The van der Waals surface area contributed by atoms with Crippen LogP contribution in [0, 0.1) is 0 Å². The maximum absolute atomic E-state index is 12.2. The summed E-state index contributed by atoms with van der Waals surface area (Å²) in [5, 5.41) is 2.26. The zero-order valence-corrected chi connectivity index (χ0v) is 17.8. The number of hydrogen-bond donors (Lipinski definition) is 1. The van der Waals surface area contributed by atoms with Gasteiger partial charge in [0.05, 0.1) is 6.42 Å². The van der Waals surface area contributed by atoms with Gasteiger partial charge in [0.25, 0.3) is 5.91 Å². The van der Waals surface area contributed by atoms with Gasteiger partial charge in [0.15, 0.2) is 12.7 Å². The van der Waals surface area contributed by atoms with Crippen LogP contribution >= 0.6 is 0 Å². The van der Waals surface area contributed by atoms with Crippen molar-refractivity contribution in [1.29, 1.82) is 0 Å². The highest BCUT2D eigenvalue weighted by Crippen LogP contribution is 2.33. The third-order valence-electron chi connectivity index (χ3n) is 3.66. The van der Waals surface area contributed by atoms with Gasteiger partial charge in [0.1, 0.15) is 18.8 Å². The Morgan fingerprint density at radius 3 is 1.90 bits per heavy atom. The summed E-state index contributed by atoms with van der Waals surface area (Å²) in [6, 6.07) is 0. The van der Waals surface area contributed by atoms with E-state index in [0.717, 1.165) is 34.6 Å². The minimum Gasteiger partial charge on any atom is -0.463 e. The van der Waals surface area contributed by atoms with Gasteiger partial charge in [-0.3, -0.25) is 34.1 Å². The molecule has 4 atom stereocenters. The SMILES string of the molecule is CC(=O)OCC(=O)N[C@]1(OC(C)=O)C[C@@H](OC(C)=O)[C@H](OC(C)=O)[C@@H](COC(C)=O)O1. The van der Waals surface area contributed by atoms with Gasteiger partial charge in [-0.15, -0.1) is 0 Å². The standard InChI is InChI=1S/C18H25NO12/c1-9(20)26-7-15-17(29-12(4)23)14(28-11(3)22)6-18(31-15,30-13(5)24)19-16(25)8-27-10(2)21/h14-15,17H,6-8H2,1-5H3,(H,19,25)/t14-,15-,17+,18+/m1/s1. The van der Waals surface area contributed by atoms with Crippen molar-refractivity contribution in [3.8, 4) is 0 Å². The lowest BCUT2D eigenvalue weighted by atomic mass is 9.98. The van der Waals surface area contributed by atoms with E-state index in [2.05, 4.69) is 10.1 Å². The molecule has 0 spiro atoms. The van der Waals surface area contributed by atoms with Crippen molar-refractivity contribution in [2.45, 2.75) is 65.3 Å². The number of ether oxygens (including phenoxy) is 6. The third-order valence-corrected chi connectivity index (χ3v) is 3.66. The highest BCUT2D eigenvalue weighted by molar-refractivity contribution is 5.80. The van der Waals surface area contributed by atoms with E-state index in [1.807, 2.05) is 0 Å². The molecule has 1 amide bonds. The number of esters is 5. The Bertz CT molecular complexity index is 735. The molecule has 0 aromatic carbocycles. The fraction of sp³-hybridized carbons (Fsp3) is 0.667. The van der Waals surface area contributed by atoms with E-state index >= 15 is 0 Å². The minimum atomic E-state index is -2.20. The van der Waals surface area contributed by atoms with Crippen LogP contribution in [0.15, 0.2) is 0 Å². The second-order valence-corrected chi connectivity index (χ2v) is 6.56. The first-order valence-electron chi connectivity index (χ1n) is 9.13. The van der Waals surface area contributed by atoms with E-state index in [-0.39, 0.29) is 0 Å². The zero-order chi connectivity index (χ0) is 23.8. The Balaban J connectivity index is 3.30. The van der Waals surface area contributed by atoms with Crippen LogP contribution in [0.5, 0.6) is 0 Å². The molecule has 31 heavy (non-hydrogen) atoms. The Labute approximate surface area is 177 Å². The molecule has 174 valence electrons. The molecule has 0 aromatic heterocycles. The third kappa shape index (κ3) is 8.99. The quantitative estimate of drug-likeness (QED) is 0.277. The lowest BCUT2D eigenvalue weighted by Crippen LogP contribution is -2.66. The van der Waals surface area contributed by atoms with Crippen LogP contribution in [0.1, 0.15) is 41.0 Å². The normalized spacial score (nSPS) is 24.9. The molecule has 0 radical (unpaired) electrons. The summed E-state index contributed by atoms with van der Waals surface area (Å²) >= 11 is 0. The van der Waals surface area contributed by atoms with E-state index in [1.165, 1.54) is 0 Å². The van der Waals surface area contributed by atoms with Crippen LogP contribution in [-0.2, 0) is 57.2 Å². The van der Waals surface area contributed by atoms with E-state index < -0.39 is 79.6 Å². The van der Waals surface area contributed by atoms with Crippen LogP contribution < -0.4 is 5.32 Å². The van der Waals surface area contributed by atoms with Crippen molar-refractivity contribution < 1.29 is 57.2 Å². The van der Waals surface area contributed by atoms with Crippen LogP contribution in [0.25, 0.3) is 0 Å². The Hall–Kier alpha value is -3.22. The molecule has 0 unspecified atom stereocenters. The molecule has 0 bridgehead atoms. The summed E-state index contributed by atoms with van der Waals surface area (Å²) in [5.41, 5.74) is 0. The molecule has 0 saturated carbocycles. The van der Waals surface area contributed by atoms with Crippen molar-refractivity contribution >= 4 is 35.8 Å². The molecule has 13 heteroatoms. The van der Waals surface area contributed by atoms with Crippen LogP contribution in [0.3, 0.4) is 0 Å². The number of rotatable bonds is 8. The maximum Gasteiger partial charge on any atom is 0.306 e. The number of carbonyl (C=O) groups excluding carboxylic acids is 6. The molecule has 13 nitrogen and oxygen atoms in total. The monoisotopic (exact) mass is 447 g/mol. The first-order chi connectivity index (χ1) is 14.3. The topological polar surface area (TPSA) is 170 Å². The molecule has 1 rings (SSSR count). The first kappa shape index (κ1) is 25.8. The van der Waals surface area contributed by atoms with Crippen molar-refractivity contribution in [1.82, 2.24) is 5.32 Å². The largest absolute Gasteiger partial charge is 0.463 e. The molecule has 1 N–H and O–H groups in total. The van der Waals surface area contributed by atoms with Gasteiger partial charge in [-0.25, -0.2) is 0 Å². The Kier molecular flexibility index (Phi) is 9.37. The fourth-order valence-electron chi connectivity index (χ4n) is 2.79. The zero-order valence-electron chi connectivity index (χ0n) is 17.8. The van der Waals surface area contributed by atoms with Gasteiger partial charge in [-0.2, -0.15) is 0 Å². The lowest BCUT2D eigenvalue weighted by Gasteiger charge is -2.45. The first-order valence-corrected chi connectivity index (χ1v) is 9.13. The summed E-state index contributed by atoms with van der Waals surface area (Å²) in [5.74, 6) is -6.94. The lowest BCUT2D eigenvalue weighted by molar-refractivity contribution is -0.322. The molecule has 1 aliphatic heterocycles. The number of amides is 1. The second kappa shape index (κ2) is 11.2. The summed E-state index contributed by atoms with van der Waals surface area (Å²) in [7, 11) is 0. The average Bonchev–Trinajstić information content (AvgIpc) is 2.59. The molecule has 0 aromatic rings. The second-order valence-electron chi connectivity index (χ2n) is 6.56. The number of carbonyl (C=O) groups is 6. The predicted molar refractivity (Wildman–Crippen MR) is 96.5 cm³/mol. The summed E-state index contributed by atoms with van der Waals surface area (Å²) in [6.45, 7) is 4.21. The van der Waals surface area contributed by atoms with Gasteiger partial charge in [-0.1, -0.05) is 0 Å². The highest BCUT2D eigenvalue weighted by atomic mass is 16.8. The predicted octanol–water partition coefficient (Wildman–Crippen LogP) is -0.902. The van der Waals surface area contributed by atoms with E-state index in [4.69, 9.17) is 23.7 Å². The molecule has 1 aliphatic rings. The molecule has 1 heterocycles. The van der Waals surface area contributed by atoms with E-state index in [0.29, 0.717) is 0 Å². The van der Waals surface area contributed by atoms with Crippen LogP contribution in [0.2, 0.25) is 0 Å². The fourth-order valence-corrected chi connectivity index (χ4v) is 2.79. The Morgan fingerprint density at radius 2 is 1.42 bits per heavy atom.